The molecule has 150 valence electrons. The standard InChI is InChI=1S/C22H28FN3O2/c1-22(7-11-26(12-8-22)20(27)16-25-9-2-3-10-25)21-24-15-19(28-21)14-17-5-4-6-18(23)13-17/h4-6,13,15H,2-3,7-12,14,16H2,1H3. The highest BCUT2D eigenvalue weighted by molar-refractivity contribution is 5.78. The van der Waals surface area contributed by atoms with Gasteiger partial charge in [0.05, 0.1) is 12.7 Å². The SMILES string of the molecule is CC1(c2ncc(Cc3cccc(F)c3)o2)CCN(C(=O)CN2CCCC2)CC1. The first-order valence-corrected chi connectivity index (χ1v) is 10.2. The first-order valence-electron chi connectivity index (χ1n) is 10.2. The third-order valence-electron chi connectivity index (χ3n) is 6.11. The molecule has 2 aromatic rings. The van der Waals surface area contributed by atoms with Gasteiger partial charge in [-0.2, -0.15) is 0 Å². The molecule has 3 heterocycles. The lowest BCUT2D eigenvalue weighted by Crippen LogP contribution is -2.47. The number of oxazole rings is 1. The Labute approximate surface area is 165 Å². The van der Waals surface area contributed by atoms with Crippen molar-refractivity contribution in [2.24, 2.45) is 0 Å². The average molecular weight is 385 g/mol. The molecular weight excluding hydrogens is 357 g/mol. The summed E-state index contributed by atoms with van der Waals surface area (Å²) in [6, 6.07) is 6.55. The van der Waals surface area contributed by atoms with Gasteiger partial charge in [-0.05, 0) is 56.5 Å². The second-order valence-electron chi connectivity index (χ2n) is 8.36. The van der Waals surface area contributed by atoms with Crippen molar-refractivity contribution in [2.45, 2.75) is 44.4 Å². The third kappa shape index (κ3) is 4.27. The molecule has 28 heavy (non-hydrogen) atoms. The number of piperidine rings is 1. The van der Waals surface area contributed by atoms with Gasteiger partial charge in [0, 0.05) is 24.9 Å². The molecule has 5 nitrogen and oxygen atoms in total. The van der Waals surface area contributed by atoms with Crippen molar-refractivity contribution in [1.82, 2.24) is 14.8 Å². The van der Waals surface area contributed by atoms with Gasteiger partial charge in [-0.3, -0.25) is 9.69 Å². The van der Waals surface area contributed by atoms with E-state index in [-0.39, 0.29) is 17.1 Å². The van der Waals surface area contributed by atoms with Crippen LogP contribution in [0.5, 0.6) is 0 Å². The first kappa shape index (κ1) is 19.1. The monoisotopic (exact) mass is 385 g/mol. The molecule has 0 saturated carbocycles. The number of halogens is 1. The Balaban J connectivity index is 1.35. The Morgan fingerprint density at radius 3 is 2.68 bits per heavy atom. The zero-order valence-corrected chi connectivity index (χ0v) is 16.5. The van der Waals surface area contributed by atoms with Gasteiger partial charge in [0.25, 0.3) is 0 Å². The molecule has 0 bridgehead atoms. The van der Waals surface area contributed by atoms with Gasteiger partial charge in [-0.25, -0.2) is 9.37 Å². The van der Waals surface area contributed by atoms with Crippen LogP contribution in [0, 0.1) is 5.82 Å². The molecule has 0 unspecified atom stereocenters. The number of aromatic nitrogens is 1. The smallest absolute Gasteiger partial charge is 0.236 e. The number of nitrogens with zero attached hydrogens (tertiary/aromatic N) is 3. The normalized spacial score (nSPS) is 19.9. The van der Waals surface area contributed by atoms with E-state index < -0.39 is 0 Å². The van der Waals surface area contributed by atoms with Crippen molar-refractivity contribution in [3.05, 3.63) is 53.5 Å². The Morgan fingerprint density at radius 1 is 1.21 bits per heavy atom. The van der Waals surface area contributed by atoms with Crippen LogP contribution in [0.3, 0.4) is 0 Å². The Hall–Kier alpha value is -2.21. The number of benzene rings is 1. The third-order valence-corrected chi connectivity index (χ3v) is 6.11. The van der Waals surface area contributed by atoms with Gasteiger partial charge in [0.2, 0.25) is 5.91 Å². The molecular formula is C22H28FN3O2. The van der Waals surface area contributed by atoms with E-state index in [1.807, 2.05) is 11.0 Å². The summed E-state index contributed by atoms with van der Waals surface area (Å²) in [4.78, 5) is 21.3. The summed E-state index contributed by atoms with van der Waals surface area (Å²) >= 11 is 0. The number of carbonyl (C=O) groups is 1. The van der Waals surface area contributed by atoms with Crippen LogP contribution in [-0.4, -0.2) is 53.4 Å². The summed E-state index contributed by atoms with van der Waals surface area (Å²) in [5.74, 6) is 1.47. The number of rotatable bonds is 5. The van der Waals surface area contributed by atoms with E-state index in [9.17, 15) is 9.18 Å². The minimum absolute atomic E-state index is 0.162. The van der Waals surface area contributed by atoms with Crippen LogP contribution in [0.1, 0.15) is 49.8 Å². The van der Waals surface area contributed by atoms with Crippen molar-refractivity contribution in [2.75, 3.05) is 32.7 Å². The summed E-state index contributed by atoms with van der Waals surface area (Å²) in [6.07, 6.45) is 6.37. The van der Waals surface area contributed by atoms with E-state index in [0.29, 0.717) is 13.0 Å². The summed E-state index contributed by atoms with van der Waals surface area (Å²) in [6.45, 7) is 6.28. The predicted octanol–water partition coefficient (Wildman–Crippen LogP) is 3.38. The van der Waals surface area contributed by atoms with E-state index in [1.54, 1.807) is 12.3 Å². The van der Waals surface area contributed by atoms with Crippen LogP contribution in [0.15, 0.2) is 34.9 Å². The molecule has 2 fully saturated rings. The zero-order chi connectivity index (χ0) is 19.6. The molecule has 0 atom stereocenters. The topological polar surface area (TPSA) is 49.6 Å². The summed E-state index contributed by atoms with van der Waals surface area (Å²) in [5.41, 5.74) is 0.708. The van der Waals surface area contributed by atoms with Crippen molar-refractivity contribution in [3.8, 4) is 0 Å². The highest BCUT2D eigenvalue weighted by Crippen LogP contribution is 2.35. The average Bonchev–Trinajstić information content (AvgIpc) is 3.35. The van der Waals surface area contributed by atoms with Gasteiger partial charge in [-0.1, -0.05) is 19.1 Å². The van der Waals surface area contributed by atoms with E-state index in [4.69, 9.17) is 4.42 Å². The largest absolute Gasteiger partial charge is 0.445 e. The van der Waals surface area contributed by atoms with E-state index >= 15 is 0 Å². The minimum atomic E-state index is -0.241. The highest BCUT2D eigenvalue weighted by Gasteiger charge is 2.37. The number of likely N-dealkylation sites (tertiary alicyclic amines) is 2. The van der Waals surface area contributed by atoms with Crippen LogP contribution in [0.25, 0.3) is 0 Å². The molecule has 4 rings (SSSR count). The fourth-order valence-electron chi connectivity index (χ4n) is 4.21. The van der Waals surface area contributed by atoms with E-state index in [0.717, 1.165) is 56.2 Å². The molecule has 0 N–H and O–H groups in total. The predicted molar refractivity (Wildman–Crippen MR) is 105 cm³/mol. The summed E-state index contributed by atoms with van der Waals surface area (Å²) < 4.78 is 19.4. The molecule has 0 spiro atoms. The molecule has 1 aromatic carbocycles. The molecule has 6 heteroatoms. The molecule has 2 aliphatic heterocycles. The fraction of sp³-hybridized carbons (Fsp3) is 0.545. The number of hydrogen-bond acceptors (Lipinski definition) is 4. The van der Waals surface area contributed by atoms with Gasteiger partial charge in [-0.15, -0.1) is 0 Å². The van der Waals surface area contributed by atoms with E-state index in [1.165, 1.54) is 25.0 Å². The van der Waals surface area contributed by atoms with E-state index in [2.05, 4.69) is 16.8 Å². The number of amides is 1. The van der Waals surface area contributed by atoms with Crippen molar-refractivity contribution in [1.29, 1.82) is 0 Å². The maximum Gasteiger partial charge on any atom is 0.236 e. The highest BCUT2D eigenvalue weighted by atomic mass is 19.1. The lowest BCUT2D eigenvalue weighted by atomic mass is 9.80. The van der Waals surface area contributed by atoms with Crippen LogP contribution < -0.4 is 0 Å². The first-order chi connectivity index (χ1) is 13.5. The second kappa shape index (κ2) is 8.03. The number of carbonyl (C=O) groups excluding carboxylic acids is 1. The lowest BCUT2D eigenvalue weighted by molar-refractivity contribution is -0.133. The maximum absolute atomic E-state index is 13.4. The second-order valence-corrected chi connectivity index (χ2v) is 8.36. The molecule has 2 saturated heterocycles. The fourth-order valence-corrected chi connectivity index (χ4v) is 4.21. The van der Waals surface area contributed by atoms with Gasteiger partial charge >= 0.3 is 0 Å². The Morgan fingerprint density at radius 2 is 1.96 bits per heavy atom. The molecule has 2 aliphatic rings. The molecule has 1 amide bonds. The van der Waals surface area contributed by atoms with Crippen LogP contribution in [-0.2, 0) is 16.6 Å². The molecule has 1 aromatic heterocycles. The summed E-state index contributed by atoms with van der Waals surface area (Å²) in [5, 5.41) is 0. The lowest BCUT2D eigenvalue weighted by Gasteiger charge is -2.37. The molecule has 0 radical (unpaired) electrons. The van der Waals surface area contributed by atoms with Crippen LogP contribution in [0.4, 0.5) is 4.39 Å². The zero-order valence-electron chi connectivity index (χ0n) is 16.5. The number of hydrogen-bond donors (Lipinski definition) is 0. The van der Waals surface area contributed by atoms with Crippen molar-refractivity contribution in [3.63, 3.8) is 0 Å². The summed E-state index contributed by atoms with van der Waals surface area (Å²) in [7, 11) is 0. The van der Waals surface area contributed by atoms with Crippen molar-refractivity contribution < 1.29 is 13.6 Å². The quantitative estimate of drug-likeness (QED) is 0.792. The Kier molecular flexibility index (Phi) is 5.49. The minimum Gasteiger partial charge on any atom is -0.445 e. The van der Waals surface area contributed by atoms with Crippen LogP contribution >= 0.6 is 0 Å². The van der Waals surface area contributed by atoms with Gasteiger partial charge < -0.3 is 9.32 Å². The van der Waals surface area contributed by atoms with Crippen molar-refractivity contribution >= 4 is 5.91 Å². The maximum atomic E-state index is 13.4. The Bertz CT molecular complexity index is 821. The van der Waals surface area contributed by atoms with Gasteiger partial charge in [0.1, 0.15) is 11.6 Å². The van der Waals surface area contributed by atoms with Crippen LogP contribution in [0.2, 0.25) is 0 Å². The van der Waals surface area contributed by atoms with Gasteiger partial charge in [0.15, 0.2) is 5.89 Å². The molecule has 0 aliphatic carbocycles.